The highest BCUT2D eigenvalue weighted by Gasteiger charge is 2.20. The maximum Gasteiger partial charge on any atom is 0.191 e. The number of aryl methyl sites for hydroxylation is 1. The Kier molecular flexibility index (Phi) is 5.79. The van der Waals surface area contributed by atoms with Crippen molar-refractivity contribution in [3.63, 3.8) is 0 Å². The van der Waals surface area contributed by atoms with Crippen molar-refractivity contribution in [2.75, 3.05) is 13.1 Å². The third-order valence-electron chi connectivity index (χ3n) is 3.92. The number of nitrogens with one attached hydrogen (secondary N) is 2. The van der Waals surface area contributed by atoms with Gasteiger partial charge in [0.15, 0.2) is 5.96 Å². The number of guanidine groups is 1. The lowest BCUT2D eigenvalue weighted by Crippen LogP contribution is -2.43. The molecule has 5 nitrogen and oxygen atoms in total. The van der Waals surface area contributed by atoms with Gasteiger partial charge in [-0.1, -0.05) is 44.2 Å². The van der Waals surface area contributed by atoms with E-state index >= 15 is 0 Å². The Bertz CT molecular complexity index is 628. The zero-order valence-corrected chi connectivity index (χ0v) is 14.5. The molecule has 0 bridgehead atoms. The molecule has 0 radical (unpaired) electrons. The molecule has 124 valence electrons. The molecule has 2 aromatic rings. The van der Waals surface area contributed by atoms with Crippen LogP contribution in [0.1, 0.15) is 32.0 Å². The number of benzene rings is 1. The normalized spacial score (nSPS) is 12.3. The molecule has 2 N–H and O–H groups in total. The Morgan fingerprint density at radius 1 is 1.17 bits per heavy atom. The van der Waals surface area contributed by atoms with Crippen LogP contribution >= 0.6 is 0 Å². The van der Waals surface area contributed by atoms with Gasteiger partial charge in [0.2, 0.25) is 0 Å². The molecule has 0 unspecified atom stereocenters. The van der Waals surface area contributed by atoms with Gasteiger partial charge in [0.1, 0.15) is 0 Å². The van der Waals surface area contributed by atoms with Crippen molar-refractivity contribution in [2.45, 2.75) is 32.7 Å². The first-order valence-electron chi connectivity index (χ1n) is 8.07. The first-order chi connectivity index (χ1) is 11.0. The second kappa shape index (κ2) is 7.81. The number of aliphatic imine (C=N–C) groups is 1. The molecule has 2 rings (SSSR count). The number of nitrogens with zero attached hydrogens (tertiary/aromatic N) is 3. The quantitative estimate of drug-likeness (QED) is 0.636. The zero-order valence-electron chi connectivity index (χ0n) is 14.5. The van der Waals surface area contributed by atoms with Crippen molar-refractivity contribution in [2.24, 2.45) is 12.0 Å². The maximum absolute atomic E-state index is 4.65. The Hall–Kier alpha value is -2.30. The summed E-state index contributed by atoms with van der Waals surface area (Å²) in [6, 6.07) is 12.5. The van der Waals surface area contributed by atoms with Crippen LogP contribution in [-0.4, -0.2) is 28.8 Å². The largest absolute Gasteiger partial charge is 0.357 e. The zero-order chi connectivity index (χ0) is 16.7. The minimum absolute atomic E-state index is 0.0317. The molecule has 0 aliphatic heterocycles. The molecule has 0 aliphatic rings. The van der Waals surface area contributed by atoms with Gasteiger partial charge in [0.05, 0.1) is 12.2 Å². The van der Waals surface area contributed by atoms with Crippen molar-refractivity contribution in [1.82, 2.24) is 20.4 Å². The van der Waals surface area contributed by atoms with Crippen molar-refractivity contribution < 1.29 is 0 Å². The van der Waals surface area contributed by atoms with Crippen molar-refractivity contribution in [3.05, 3.63) is 53.9 Å². The van der Waals surface area contributed by atoms with Gasteiger partial charge in [-0.15, -0.1) is 0 Å². The Labute approximate surface area is 138 Å². The topological polar surface area (TPSA) is 54.2 Å². The summed E-state index contributed by atoms with van der Waals surface area (Å²) in [5.41, 5.74) is 2.43. The van der Waals surface area contributed by atoms with Crippen LogP contribution in [0.5, 0.6) is 0 Å². The molecule has 0 atom stereocenters. The van der Waals surface area contributed by atoms with Crippen LogP contribution in [0.4, 0.5) is 0 Å². The highest BCUT2D eigenvalue weighted by Crippen LogP contribution is 2.21. The third kappa shape index (κ3) is 4.84. The van der Waals surface area contributed by atoms with Crippen LogP contribution in [0, 0.1) is 0 Å². The van der Waals surface area contributed by atoms with Gasteiger partial charge in [-0.05, 0) is 18.6 Å². The van der Waals surface area contributed by atoms with Crippen molar-refractivity contribution >= 4 is 5.96 Å². The van der Waals surface area contributed by atoms with Crippen molar-refractivity contribution in [3.8, 4) is 0 Å². The summed E-state index contributed by atoms with van der Waals surface area (Å²) >= 11 is 0. The van der Waals surface area contributed by atoms with Crippen LogP contribution in [0.3, 0.4) is 0 Å². The van der Waals surface area contributed by atoms with E-state index in [0.29, 0.717) is 6.54 Å². The lowest BCUT2D eigenvalue weighted by atomic mass is 9.85. The van der Waals surface area contributed by atoms with Crippen LogP contribution in [0.25, 0.3) is 0 Å². The van der Waals surface area contributed by atoms with E-state index in [4.69, 9.17) is 0 Å². The molecule has 0 spiro atoms. The fraction of sp³-hybridized carbons (Fsp3) is 0.444. The summed E-state index contributed by atoms with van der Waals surface area (Å²) in [6.07, 6.45) is 1.80. The van der Waals surface area contributed by atoms with E-state index in [2.05, 4.69) is 65.8 Å². The van der Waals surface area contributed by atoms with E-state index in [1.807, 2.05) is 23.9 Å². The highest BCUT2D eigenvalue weighted by molar-refractivity contribution is 5.79. The molecule has 0 aliphatic carbocycles. The van der Waals surface area contributed by atoms with Crippen LogP contribution in [0.2, 0.25) is 0 Å². The molecule has 1 aromatic heterocycles. The molecule has 23 heavy (non-hydrogen) atoms. The van der Waals surface area contributed by atoms with Crippen LogP contribution in [-0.2, 0) is 19.0 Å². The predicted octanol–water partition coefficient (Wildman–Crippen LogP) is 2.45. The predicted molar refractivity (Wildman–Crippen MR) is 95.5 cm³/mol. The molecule has 5 heteroatoms. The molecule has 1 heterocycles. The fourth-order valence-corrected chi connectivity index (χ4v) is 2.35. The highest BCUT2D eigenvalue weighted by atomic mass is 15.3. The van der Waals surface area contributed by atoms with E-state index in [0.717, 1.165) is 24.7 Å². The number of hydrogen-bond acceptors (Lipinski definition) is 2. The van der Waals surface area contributed by atoms with Gasteiger partial charge in [-0.3, -0.25) is 4.68 Å². The standard InChI is InChI=1S/C18H27N5/c1-5-19-17(20-13-16-11-12-22-23(16)4)21-14-18(2,3)15-9-7-6-8-10-15/h6-12H,5,13-14H2,1-4H3,(H2,19,20,21). The summed E-state index contributed by atoms with van der Waals surface area (Å²) in [6.45, 7) is 8.80. The molecule has 1 aromatic carbocycles. The van der Waals surface area contributed by atoms with Crippen LogP contribution in [0.15, 0.2) is 47.6 Å². The summed E-state index contributed by atoms with van der Waals surface area (Å²) in [7, 11) is 1.93. The lowest BCUT2D eigenvalue weighted by Gasteiger charge is -2.26. The summed E-state index contributed by atoms with van der Waals surface area (Å²) in [4.78, 5) is 4.65. The van der Waals surface area contributed by atoms with E-state index in [9.17, 15) is 0 Å². The van der Waals surface area contributed by atoms with Gasteiger partial charge >= 0.3 is 0 Å². The van der Waals surface area contributed by atoms with Crippen LogP contribution < -0.4 is 10.6 Å². The first kappa shape index (κ1) is 17.1. The second-order valence-corrected chi connectivity index (χ2v) is 6.24. The fourth-order valence-electron chi connectivity index (χ4n) is 2.35. The van der Waals surface area contributed by atoms with Gasteiger partial charge in [0, 0.05) is 31.7 Å². The average Bonchev–Trinajstić information content (AvgIpc) is 2.96. The minimum atomic E-state index is 0.0317. The second-order valence-electron chi connectivity index (χ2n) is 6.24. The van der Waals surface area contributed by atoms with Gasteiger partial charge in [0.25, 0.3) is 0 Å². The maximum atomic E-state index is 4.65. The van der Waals surface area contributed by atoms with E-state index in [1.165, 1.54) is 5.56 Å². The molecule has 0 saturated heterocycles. The summed E-state index contributed by atoms with van der Waals surface area (Å²) < 4.78 is 1.85. The van der Waals surface area contributed by atoms with Gasteiger partial charge in [-0.2, -0.15) is 5.10 Å². The number of aromatic nitrogens is 2. The Morgan fingerprint density at radius 2 is 1.91 bits per heavy atom. The van der Waals surface area contributed by atoms with E-state index in [1.54, 1.807) is 6.20 Å². The average molecular weight is 313 g/mol. The third-order valence-corrected chi connectivity index (χ3v) is 3.92. The monoisotopic (exact) mass is 313 g/mol. The summed E-state index contributed by atoms with van der Waals surface area (Å²) in [5, 5.41) is 10.9. The smallest absolute Gasteiger partial charge is 0.191 e. The number of rotatable bonds is 6. The van der Waals surface area contributed by atoms with Crippen molar-refractivity contribution in [1.29, 1.82) is 0 Å². The summed E-state index contributed by atoms with van der Waals surface area (Å²) in [5.74, 6) is 0.831. The number of hydrogen-bond donors (Lipinski definition) is 2. The molecular formula is C18H27N5. The van der Waals surface area contributed by atoms with Gasteiger partial charge < -0.3 is 10.6 Å². The molecule has 0 saturated carbocycles. The van der Waals surface area contributed by atoms with E-state index in [-0.39, 0.29) is 5.41 Å². The lowest BCUT2D eigenvalue weighted by molar-refractivity contribution is 0.508. The molecular weight excluding hydrogens is 286 g/mol. The molecule has 0 amide bonds. The first-order valence-corrected chi connectivity index (χ1v) is 8.07. The van der Waals surface area contributed by atoms with E-state index < -0.39 is 0 Å². The Balaban J connectivity index is 2.00. The van der Waals surface area contributed by atoms with Gasteiger partial charge in [-0.25, -0.2) is 4.99 Å². The molecule has 0 fully saturated rings. The Morgan fingerprint density at radius 3 is 2.52 bits per heavy atom. The minimum Gasteiger partial charge on any atom is -0.357 e. The SMILES string of the molecule is CCNC(=NCc1ccnn1C)NCC(C)(C)c1ccccc1.